The topological polar surface area (TPSA) is 127 Å². The van der Waals surface area contributed by atoms with Gasteiger partial charge >= 0.3 is 5.97 Å². The van der Waals surface area contributed by atoms with Gasteiger partial charge in [-0.25, -0.2) is 18.4 Å². The maximum atomic E-state index is 11.8. The van der Waals surface area contributed by atoms with E-state index >= 15 is 0 Å². The zero-order chi connectivity index (χ0) is 16.2. The molecule has 1 aromatic carbocycles. The van der Waals surface area contributed by atoms with E-state index < -0.39 is 21.9 Å². The van der Waals surface area contributed by atoms with Crippen LogP contribution in [0.4, 0.5) is 0 Å². The molecule has 0 spiro atoms. The predicted molar refractivity (Wildman–Crippen MR) is 75.7 cm³/mol. The number of sulfonamides is 1. The Morgan fingerprint density at radius 3 is 2.38 bits per heavy atom. The van der Waals surface area contributed by atoms with E-state index in [2.05, 4.69) is 5.32 Å². The number of hydrogen-bond donors (Lipinski definition) is 3. The number of carboxylic acids is 1. The highest BCUT2D eigenvalue weighted by Gasteiger charge is 2.13. The second-order valence-electron chi connectivity index (χ2n) is 4.43. The van der Waals surface area contributed by atoms with Gasteiger partial charge in [0.15, 0.2) is 0 Å². The molecule has 0 aliphatic carbocycles. The zero-order valence-electron chi connectivity index (χ0n) is 11.6. The fourth-order valence-electron chi connectivity index (χ4n) is 1.48. The molecule has 21 heavy (non-hydrogen) atoms. The Bertz CT molecular complexity index is 707. The van der Waals surface area contributed by atoms with Crippen molar-refractivity contribution in [2.45, 2.75) is 25.3 Å². The van der Waals surface area contributed by atoms with Gasteiger partial charge in [-0.15, -0.1) is 0 Å². The van der Waals surface area contributed by atoms with Gasteiger partial charge in [0.1, 0.15) is 0 Å². The Hall–Kier alpha value is -2.19. The molecule has 1 amide bonds. The average molecular weight is 312 g/mol. The number of nitrogens with two attached hydrogens (primary N) is 1. The summed E-state index contributed by atoms with van der Waals surface area (Å²) >= 11 is 0. The monoisotopic (exact) mass is 312 g/mol. The Morgan fingerprint density at radius 1 is 1.24 bits per heavy atom. The number of amides is 1. The van der Waals surface area contributed by atoms with E-state index in [1.54, 1.807) is 6.07 Å². The molecule has 114 valence electrons. The quantitative estimate of drug-likeness (QED) is 0.677. The number of aliphatic carboxylic acids is 1. The van der Waals surface area contributed by atoms with E-state index in [0.717, 1.165) is 0 Å². The van der Waals surface area contributed by atoms with Gasteiger partial charge < -0.3 is 10.4 Å². The molecule has 0 aliphatic heterocycles. The Labute approximate surface area is 122 Å². The van der Waals surface area contributed by atoms with Gasteiger partial charge in [0, 0.05) is 17.7 Å². The fraction of sp³-hybridized carbons (Fsp3) is 0.231. The van der Waals surface area contributed by atoms with E-state index in [0.29, 0.717) is 5.56 Å². The van der Waals surface area contributed by atoms with Gasteiger partial charge in [0.2, 0.25) is 15.9 Å². The molecule has 0 bridgehead atoms. The van der Waals surface area contributed by atoms with Gasteiger partial charge in [-0.1, -0.05) is 12.1 Å². The molecule has 0 fully saturated rings. The highest BCUT2D eigenvalue weighted by molar-refractivity contribution is 7.89. The van der Waals surface area contributed by atoms with Gasteiger partial charge in [-0.2, -0.15) is 0 Å². The van der Waals surface area contributed by atoms with Gasteiger partial charge in [-0.05, 0) is 31.5 Å². The summed E-state index contributed by atoms with van der Waals surface area (Å²) in [6, 6.07) is 5.82. The fourth-order valence-corrected chi connectivity index (χ4v) is 2.06. The van der Waals surface area contributed by atoms with Crippen LogP contribution in [-0.2, 0) is 26.2 Å². The SMILES string of the molecule is CC(C(=O)O)=C(C)C(=O)NCc1cccc(S(N)(=O)=O)c1. The number of carbonyl (C=O) groups is 2. The van der Waals surface area contributed by atoms with Crippen molar-refractivity contribution in [1.29, 1.82) is 0 Å². The summed E-state index contributed by atoms with van der Waals surface area (Å²) in [6.45, 7) is 2.80. The molecule has 0 radical (unpaired) electrons. The zero-order valence-corrected chi connectivity index (χ0v) is 12.4. The van der Waals surface area contributed by atoms with Crippen LogP contribution < -0.4 is 10.5 Å². The summed E-state index contributed by atoms with van der Waals surface area (Å²) in [4.78, 5) is 22.5. The summed E-state index contributed by atoms with van der Waals surface area (Å²) in [7, 11) is -3.80. The molecule has 1 aromatic rings. The Morgan fingerprint density at radius 2 is 1.86 bits per heavy atom. The number of carboxylic acid groups (broad SMARTS) is 1. The van der Waals surface area contributed by atoms with Crippen molar-refractivity contribution in [3.8, 4) is 0 Å². The summed E-state index contributed by atoms with van der Waals surface area (Å²) < 4.78 is 22.4. The van der Waals surface area contributed by atoms with E-state index in [1.807, 2.05) is 0 Å². The smallest absolute Gasteiger partial charge is 0.331 e. The highest BCUT2D eigenvalue weighted by Crippen LogP contribution is 2.10. The average Bonchev–Trinajstić information content (AvgIpc) is 2.42. The lowest BCUT2D eigenvalue weighted by molar-refractivity contribution is -0.133. The van der Waals surface area contributed by atoms with Crippen LogP contribution in [0.2, 0.25) is 0 Å². The van der Waals surface area contributed by atoms with Crippen LogP contribution >= 0.6 is 0 Å². The van der Waals surface area contributed by atoms with Crippen molar-refractivity contribution in [3.63, 3.8) is 0 Å². The third-order valence-electron chi connectivity index (χ3n) is 2.90. The lowest BCUT2D eigenvalue weighted by atomic mass is 10.1. The molecular formula is C13H16N2O5S. The highest BCUT2D eigenvalue weighted by atomic mass is 32.2. The lowest BCUT2D eigenvalue weighted by Crippen LogP contribution is -2.25. The van der Waals surface area contributed by atoms with Crippen LogP contribution in [-0.4, -0.2) is 25.4 Å². The largest absolute Gasteiger partial charge is 0.478 e. The third kappa shape index (κ3) is 4.69. The molecule has 0 aliphatic rings. The molecule has 0 aromatic heterocycles. The first-order chi connectivity index (χ1) is 9.62. The Kier molecular flexibility index (Phi) is 5.23. The van der Waals surface area contributed by atoms with Crippen molar-refractivity contribution >= 4 is 21.9 Å². The molecule has 0 saturated heterocycles. The number of hydrogen-bond acceptors (Lipinski definition) is 4. The molecule has 4 N–H and O–H groups in total. The van der Waals surface area contributed by atoms with E-state index in [4.69, 9.17) is 10.2 Å². The molecule has 7 nitrogen and oxygen atoms in total. The third-order valence-corrected chi connectivity index (χ3v) is 3.81. The number of carbonyl (C=O) groups excluding carboxylic acids is 1. The first-order valence-corrected chi connectivity index (χ1v) is 7.48. The van der Waals surface area contributed by atoms with Crippen LogP contribution in [0.15, 0.2) is 40.3 Å². The standard InChI is InChI=1S/C13H16N2O5S/c1-8(9(2)13(17)18)12(16)15-7-10-4-3-5-11(6-10)21(14,19)20/h3-6H,7H2,1-2H3,(H,15,16)(H,17,18)(H2,14,19,20). The van der Waals surface area contributed by atoms with Crippen molar-refractivity contribution < 1.29 is 23.1 Å². The van der Waals surface area contributed by atoms with Crippen molar-refractivity contribution in [3.05, 3.63) is 41.0 Å². The first-order valence-electron chi connectivity index (χ1n) is 5.93. The molecular weight excluding hydrogens is 296 g/mol. The number of rotatable bonds is 5. The maximum Gasteiger partial charge on any atom is 0.331 e. The molecule has 0 atom stereocenters. The molecule has 0 saturated carbocycles. The first kappa shape index (κ1) is 16.9. The predicted octanol–water partition coefficient (Wildman–Crippen LogP) is 0.371. The summed E-state index contributed by atoms with van der Waals surface area (Å²) in [6.07, 6.45) is 0. The van der Waals surface area contributed by atoms with Crippen molar-refractivity contribution in [1.82, 2.24) is 5.32 Å². The van der Waals surface area contributed by atoms with Gasteiger partial charge in [-0.3, -0.25) is 4.79 Å². The molecule has 0 unspecified atom stereocenters. The van der Waals surface area contributed by atoms with Crippen LogP contribution in [0, 0.1) is 0 Å². The van der Waals surface area contributed by atoms with Gasteiger partial charge in [0.05, 0.1) is 4.90 Å². The van der Waals surface area contributed by atoms with Crippen LogP contribution in [0.25, 0.3) is 0 Å². The normalized spacial score (nSPS) is 12.5. The summed E-state index contributed by atoms with van der Waals surface area (Å²) in [5.41, 5.74) is 0.576. The lowest BCUT2D eigenvalue weighted by Gasteiger charge is -2.08. The number of primary sulfonamides is 1. The van der Waals surface area contributed by atoms with Crippen molar-refractivity contribution in [2.75, 3.05) is 0 Å². The number of benzene rings is 1. The van der Waals surface area contributed by atoms with E-state index in [-0.39, 0.29) is 22.6 Å². The second kappa shape index (κ2) is 6.51. The maximum absolute atomic E-state index is 11.8. The van der Waals surface area contributed by atoms with Crippen LogP contribution in [0.1, 0.15) is 19.4 Å². The Balaban J connectivity index is 2.84. The molecule has 0 heterocycles. The molecule has 8 heteroatoms. The van der Waals surface area contributed by atoms with Gasteiger partial charge in [0.25, 0.3) is 0 Å². The minimum Gasteiger partial charge on any atom is -0.478 e. The number of nitrogens with one attached hydrogen (secondary N) is 1. The minimum atomic E-state index is -3.80. The van der Waals surface area contributed by atoms with Crippen LogP contribution in [0.3, 0.4) is 0 Å². The van der Waals surface area contributed by atoms with E-state index in [1.165, 1.54) is 32.0 Å². The molecule has 1 rings (SSSR count). The second-order valence-corrected chi connectivity index (χ2v) is 5.99. The van der Waals surface area contributed by atoms with Crippen molar-refractivity contribution in [2.24, 2.45) is 5.14 Å². The van der Waals surface area contributed by atoms with Crippen LogP contribution in [0.5, 0.6) is 0 Å². The summed E-state index contributed by atoms with van der Waals surface area (Å²) in [5, 5.41) is 16.3. The van der Waals surface area contributed by atoms with E-state index in [9.17, 15) is 18.0 Å². The minimum absolute atomic E-state index is 0.0502. The summed E-state index contributed by atoms with van der Waals surface area (Å²) in [5.74, 6) is -1.70.